The van der Waals surface area contributed by atoms with Gasteiger partial charge in [0, 0.05) is 18.8 Å². The number of benzene rings is 1. The Bertz CT molecular complexity index is 559. The van der Waals surface area contributed by atoms with Crippen LogP contribution < -0.4 is 11.1 Å². The molecular weight excluding hydrogens is 216 g/mol. The first kappa shape index (κ1) is 11.2. The summed E-state index contributed by atoms with van der Waals surface area (Å²) in [7, 11) is 0. The van der Waals surface area contributed by atoms with Crippen molar-refractivity contribution in [1.29, 1.82) is 0 Å². The average Bonchev–Trinajstić information content (AvgIpc) is 2.57. The van der Waals surface area contributed by atoms with Gasteiger partial charge >= 0.3 is 0 Å². The lowest BCUT2D eigenvalue weighted by atomic mass is 10.2. The van der Waals surface area contributed by atoms with Crippen LogP contribution in [0.2, 0.25) is 0 Å². The van der Waals surface area contributed by atoms with E-state index in [0.717, 1.165) is 17.1 Å². The lowest BCUT2D eigenvalue weighted by molar-refractivity contribution is -0.114. The molecule has 1 aromatic heterocycles. The molecule has 5 heteroatoms. The van der Waals surface area contributed by atoms with Crippen LogP contribution in [0.3, 0.4) is 0 Å². The summed E-state index contributed by atoms with van der Waals surface area (Å²) >= 11 is 0. The van der Waals surface area contributed by atoms with Gasteiger partial charge in [-0.25, -0.2) is 4.98 Å². The second-order valence-electron chi connectivity index (χ2n) is 3.84. The first-order chi connectivity index (χ1) is 8.06. The fourth-order valence-electron chi connectivity index (χ4n) is 1.66. The molecule has 0 spiro atoms. The first-order valence-corrected chi connectivity index (χ1v) is 5.26. The topological polar surface area (TPSA) is 72.9 Å². The average molecular weight is 230 g/mol. The molecule has 1 amide bonds. The minimum absolute atomic E-state index is 0.100. The number of nitrogens with two attached hydrogens (primary N) is 1. The number of nitrogens with zero attached hydrogens (tertiary/aromatic N) is 2. The lowest BCUT2D eigenvalue weighted by Crippen LogP contribution is -2.06. The number of hydrogen-bond acceptors (Lipinski definition) is 3. The predicted octanol–water partition coefficient (Wildman–Crippen LogP) is 1.72. The van der Waals surface area contributed by atoms with Crippen molar-refractivity contribution in [2.45, 2.75) is 13.8 Å². The Morgan fingerprint density at radius 2 is 2.24 bits per heavy atom. The number of carbonyl (C=O) groups is 1. The van der Waals surface area contributed by atoms with Crippen molar-refractivity contribution in [2.24, 2.45) is 0 Å². The van der Waals surface area contributed by atoms with Crippen LogP contribution >= 0.6 is 0 Å². The molecule has 1 heterocycles. The number of rotatable bonds is 2. The van der Waals surface area contributed by atoms with Gasteiger partial charge in [0.05, 0.1) is 11.4 Å². The van der Waals surface area contributed by atoms with Crippen LogP contribution in [0.25, 0.3) is 5.69 Å². The van der Waals surface area contributed by atoms with Gasteiger partial charge in [-0.2, -0.15) is 0 Å². The number of aromatic nitrogens is 2. The summed E-state index contributed by atoms with van der Waals surface area (Å²) in [4.78, 5) is 15.1. The smallest absolute Gasteiger partial charge is 0.221 e. The highest BCUT2D eigenvalue weighted by molar-refractivity contribution is 5.88. The summed E-state index contributed by atoms with van der Waals surface area (Å²) in [6.07, 6.45) is 1.85. The molecule has 3 N–H and O–H groups in total. The molecule has 0 unspecified atom stereocenters. The fraction of sp³-hybridized carbons (Fsp3) is 0.167. The van der Waals surface area contributed by atoms with Gasteiger partial charge in [0.15, 0.2) is 0 Å². The van der Waals surface area contributed by atoms with Gasteiger partial charge in [-0.1, -0.05) is 6.07 Å². The minimum Gasteiger partial charge on any atom is -0.369 e. The summed E-state index contributed by atoms with van der Waals surface area (Å²) in [5.41, 5.74) is 8.25. The van der Waals surface area contributed by atoms with Crippen LogP contribution in [0.5, 0.6) is 0 Å². The largest absolute Gasteiger partial charge is 0.369 e. The van der Waals surface area contributed by atoms with Crippen molar-refractivity contribution in [2.75, 3.05) is 11.1 Å². The molecular formula is C12H14N4O. The van der Waals surface area contributed by atoms with E-state index in [9.17, 15) is 4.79 Å². The van der Waals surface area contributed by atoms with Crippen LogP contribution in [-0.4, -0.2) is 15.5 Å². The number of nitrogens with one attached hydrogen (secondary N) is 1. The highest BCUT2D eigenvalue weighted by Gasteiger charge is 2.05. The second kappa shape index (κ2) is 4.29. The molecule has 0 fully saturated rings. The Morgan fingerprint density at radius 3 is 2.82 bits per heavy atom. The van der Waals surface area contributed by atoms with Crippen molar-refractivity contribution < 1.29 is 4.79 Å². The SMILES string of the molecule is CC(=O)Nc1cccc(-n2cc(C)nc2N)c1. The molecule has 17 heavy (non-hydrogen) atoms. The molecule has 2 aromatic rings. The number of imidazole rings is 1. The molecule has 0 aliphatic carbocycles. The van der Waals surface area contributed by atoms with Crippen molar-refractivity contribution >= 4 is 17.5 Å². The van der Waals surface area contributed by atoms with Crippen LogP contribution in [-0.2, 0) is 4.79 Å². The fourth-order valence-corrected chi connectivity index (χ4v) is 1.66. The van der Waals surface area contributed by atoms with E-state index < -0.39 is 0 Å². The van der Waals surface area contributed by atoms with Gasteiger partial charge in [0.25, 0.3) is 0 Å². The van der Waals surface area contributed by atoms with Crippen molar-refractivity contribution in [3.8, 4) is 5.69 Å². The van der Waals surface area contributed by atoms with E-state index in [0.29, 0.717) is 5.95 Å². The molecule has 0 aliphatic heterocycles. The molecule has 5 nitrogen and oxygen atoms in total. The maximum Gasteiger partial charge on any atom is 0.221 e. The Hall–Kier alpha value is -2.30. The summed E-state index contributed by atoms with van der Waals surface area (Å²) < 4.78 is 1.78. The van der Waals surface area contributed by atoms with Gasteiger partial charge in [-0.15, -0.1) is 0 Å². The first-order valence-electron chi connectivity index (χ1n) is 5.26. The van der Waals surface area contributed by atoms with Crippen LogP contribution in [0.4, 0.5) is 11.6 Å². The Labute approximate surface area is 99.3 Å². The molecule has 2 rings (SSSR count). The maximum atomic E-state index is 11.0. The summed E-state index contributed by atoms with van der Waals surface area (Å²) in [5, 5.41) is 2.73. The molecule has 0 atom stereocenters. The normalized spacial score (nSPS) is 10.2. The Balaban J connectivity index is 2.39. The van der Waals surface area contributed by atoms with E-state index in [1.54, 1.807) is 4.57 Å². The number of nitrogen functional groups attached to an aromatic ring is 1. The monoisotopic (exact) mass is 230 g/mol. The molecule has 0 aliphatic rings. The van der Waals surface area contributed by atoms with Crippen molar-refractivity contribution in [3.63, 3.8) is 0 Å². The number of hydrogen-bond donors (Lipinski definition) is 2. The van der Waals surface area contributed by atoms with E-state index in [1.807, 2.05) is 37.4 Å². The summed E-state index contributed by atoms with van der Waals surface area (Å²) in [5.74, 6) is 0.333. The van der Waals surface area contributed by atoms with Gasteiger partial charge in [-0.3, -0.25) is 9.36 Å². The number of anilines is 2. The van der Waals surface area contributed by atoms with Crippen molar-refractivity contribution in [1.82, 2.24) is 9.55 Å². The standard InChI is InChI=1S/C12H14N4O/c1-8-7-16(12(13)14-8)11-5-3-4-10(6-11)15-9(2)17/h3-7H,1-2H3,(H2,13,14)(H,15,17). The summed E-state index contributed by atoms with van der Waals surface area (Å²) in [6, 6.07) is 7.43. The van der Waals surface area contributed by atoms with Crippen LogP contribution in [0.15, 0.2) is 30.5 Å². The van der Waals surface area contributed by atoms with Gasteiger partial charge < -0.3 is 11.1 Å². The highest BCUT2D eigenvalue weighted by Crippen LogP contribution is 2.18. The maximum absolute atomic E-state index is 11.0. The van der Waals surface area contributed by atoms with Gasteiger partial charge in [0.2, 0.25) is 11.9 Å². The molecule has 0 radical (unpaired) electrons. The van der Waals surface area contributed by atoms with Crippen molar-refractivity contribution in [3.05, 3.63) is 36.2 Å². The van der Waals surface area contributed by atoms with Crippen LogP contribution in [0.1, 0.15) is 12.6 Å². The molecule has 0 saturated carbocycles. The molecule has 0 bridgehead atoms. The number of aryl methyl sites for hydroxylation is 1. The second-order valence-corrected chi connectivity index (χ2v) is 3.84. The van der Waals surface area contributed by atoms with E-state index in [4.69, 9.17) is 5.73 Å². The third-order valence-corrected chi connectivity index (χ3v) is 2.30. The zero-order chi connectivity index (χ0) is 12.4. The third-order valence-electron chi connectivity index (χ3n) is 2.30. The Morgan fingerprint density at radius 1 is 1.47 bits per heavy atom. The van der Waals surface area contributed by atoms with E-state index in [-0.39, 0.29) is 5.91 Å². The molecule has 1 aromatic carbocycles. The zero-order valence-corrected chi connectivity index (χ0v) is 9.77. The molecule has 0 saturated heterocycles. The Kier molecular flexibility index (Phi) is 2.82. The van der Waals surface area contributed by atoms with E-state index >= 15 is 0 Å². The summed E-state index contributed by atoms with van der Waals surface area (Å²) in [6.45, 7) is 3.35. The zero-order valence-electron chi connectivity index (χ0n) is 9.77. The highest BCUT2D eigenvalue weighted by atomic mass is 16.1. The van der Waals surface area contributed by atoms with E-state index in [1.165, 1.54) is 6.92 Å². The predicted molar refractivity (Wildman–Crippen MR) is 67.0 cm³/mol. The van der Waals surface area contributed by atoms with Gasteiger partial charge in [-0.05, 0) is 25.1 Å². The quantitative estimate of drug-likeness (QED) is 0.825. The minimum atomic E-state index is -0.100. The number of amides is 1. The lowest BCUT2D eigenvalue weighted by Gasteiger charge is -2.07. The van der Waals surface area contributed by atoms with Crippen LogP contribution in [0, 0.1) is 6.92 Å². The van der Waals surface area contributed by atoms with Gasteiger partial charge in [0.1, 0.15) is 0 Å². The third kappa shape index (κ3) is 2.44. The van der Waals surface area contributed by atoms with E-state index in [2.05, 4.69) is 10.3 Å². The number of carbonyl (C=O) groups excluding carboxylic acids is 1. The molecule has 88 valence electrons.